The van der Waals surface area contributed by atoms with E-state index in [0.29, 0.717) is 5.56 Å². The lowest BCUT2D eigenvalue weighted by molar-refractivity contribution is -0.137. The summed E-state index contributed by atoms with van der Waals surface area (Å²) in [5.41, 5.74) is -0.300. The Morgan fingerprint density at radius 3 is 2.71 bits per heavy atom. The van der Waals surface area contributed by atoms with E-state index in [1.54, 1.807) is 0 Å². The molecule has 0 bridgehead atoms. The van der Waals surface area contributed by atoms with Crippen molar-refractivity contribution in [2.24, 2.45) is 0 Å². The van der Waals surface area contributed by atoms with Gasteiger partial charge < -0.3 is 5.32 Å². The van der Waals surface area contributed by atoms with E-state index in [9.17, 15) is 13.2 Å². The molecule has 2 rings (SSSR count). The maximum Gasteiger partial charge on any atom is 0.417 e. The van der Waals surface area contributed by atoms with Gasteiger partial charge in [-0.2, -0.15) is 13.2 Å². The summed E-state index contributed by atoms with van der Waals surface area (Å²) < 4.78 is 37.7. The first kappa shape index (κ1) is 12.6. The highest BCUT2D eigenvalue weighted by molar-refractivity contribution is 6.30. The third kappa shape index (κ3) is 2.90. The molecule has 94 valence electrons. The van der Waals surface area contributed by atoms with Gasteiger partial charge in [0.2, 0.25) is 0 Å². The molecule has 0 aliphatic carbocycles. The molecule has 2 nitrogen and oxygen atoms in total. The van der Waals surface area contributed by atoms with Gasteiger partial charge in [0.05, 0.1) is 5.56 Å². The summed E-state index contributed by atoms with van der Waals surface area (Å²) in [5.74, 6) is 0. The molecule has 1 aromatic rings. The van der Waals surface area contributed by atoms with Gasteiger partial charge in [0.1, 0.15) is 5.15 Å². The lowest BCUT2D eigenvalue weighted by Crippen LogP contribution is -2.27. The van der Waals surface area contributed by atoms with Gasteiger partial charge in [0.25, 0.3) is 0 Å². The van der Waals surface area contributed by atoms with Gasteiger partial charge >= 0.3 is 6.18 Å². The van der Waals surface area contributed by atoms with Crippen molar-refractivity contribution in [2.45, 2.75) is 31.5 Å². The minimum absolute atomic E-state index is 0.119. The van der Waals surface area contributed by atoms with Crippen molar-refractivity contribution in [3.05, 3.63) is 28.5 Å². The van der Waals surface area contributed by atoms with E-state index in [-0.39, 0.29) is 11.2 Å². The maximum atomic E-state index is 12.6. The number of hydrogen-bond donors (Lipinski definition) is 1. The number of halogens is 4. The Morgan fingerprint density at radius 2 is 2.12 bits per heavy atom. The monoisotopic (exact) mass is 264 g/mol. The van der Waals surface area contributed by atoms with Gasteiger partial charge in [-0.05, 0) is 25.5 Å². The van der Waals surface area contributed by atoms with Crippen LogP contribution in [0.4, 0.5) is 13.2 Å². The fourth-order valence-corrected chi connectivity index (χ4v) is 2.22. The molecular weight excluding hydrogens is 253 g/mol. The van der Waals surface area contributed by atoms with E-state index in [0.717, 1.165) is 38.1 Å². The van der Waals surface area contributed by atoms with Crippen molar-refractivity contribution in [3.8, 4) is 0 Å². The molecule has 0 saturated carbocycles. The van der Waals surface area contributed by atoms with E-state index < -0.39 is 11.7 Å². The van der Waals surface area contributed by atoms with Gasteiger partial charge in [0.15, 0.2) is 0 Å². The number of aromatic nitrogens is 1. The van der Waals surface area contributed by atoms with Crippen molar-refractivity contribution in [1.29, 1.82) is 0 Å². The molecule has 1 aromatic heterocycles. The van der Waals surface area contributed by atoms with Gasteiger partial charge in [-0.3, -0.25) is 0 Å². The fraction of sp³-hybridized carbons (Fsp3) is 0.545. The van der Waals surface area contributed by atoms with Crippen molar-refractivity contribution in [3.63, 3.8) is 0 Å². The quantitative estimate of drug-likeness (QED) is 0.785. The highest BCUT2D eigenvalue weighted by atomic mass is 35.5. The predicted molar refractivity (Wildman–Crippen MR) is 58.8 cm³/mol. The standard InChI is InChI=1S/C11H12ClF3N2/c12-10-8(9-3-1-2-4-16-9)5-7(6-17-10)11(13,14)15/h5-6,9,16H,1-4H2. The number of nitrogens with one attached hydrogen (secondary N) is 1. The third-order valence-corrected chi connectivity index (χ3v) is 3.20. The molecule has 1 saturated heterocycles. The molecule has 6 heteroatoms. The molecule has 0 amide bonds. The molecule has 17 heavy (non-hydrogen) atoms. The number of nitrogens with zero attached hydrogens (tertiary/aromatic N) is 1. The van der Waals surface area contributed by atoms with Crippen LogP contribution in [0.3, 0.4) is 0 Å². The second-order valence-corrected chi connectivity index (χ2v) is 4.46. The van der Waals surface area contributed by atoms with Crippen LogP contribution in [0.5, 0.6) is 0 Å². The first-order valence-electron chi connectivity index (χ1n) is 5.44. The normalized spacial score (nSPS) is 21.5. The molecule has 1 aliphatic heterocycles. The van der Waals surface area contributed by atoms with Crippen LogP contribution in [-0.4, -0.2) is 11.5 Å². The second-order valence-electron chi connectivity index (χ2n) is 4.10. The lowest BCUT2D eigenvalue weighted by Gasteiger charge is -2.24. The second kappa shape index (κ2) is 4.82. The topological polar surface area (TPSA) is 24.9 Å². The largest absolute Gasteiger partial charge is 0.417 e. The van der Waals surface area contributed by atoms with Crippen LogP contribution < -0.4 is 5.32 Å². The SMILES string of the molecule is FC(F)(F)c1cnc(Cl)c(C2CCCCN2)c1. The van der Waals surface area contributed by atoms with Gasteiger partial charge in [-0.1, -0.05) is 18.0 Å². The highest BCUT2D eigenvalue weighted by Gasteiger charge is 2.32. The predicted octanol–water partition coefficient (Wildman–Crippen LogP) is 3.57. The molecule has 2 heterocycles. The number of rotatable bonds is 1. The number of alkyl halides is 3. The van der Waals surface area contributed by atoms with Crippen molar-refractivity contribution < 1.29 is 13.2 Å². The molecule has 1 atom stereocenters. The van der Waals surface area contributed by atoms with Gasteiger partial charge in [-0.15, -0.1) is 0 Å². The van der Waals surface area contributed by atoms with Crippen LogP contribution in [0.25, 0.3) is 0 Å². The van der Waals surface area contributed by atoms with Crippen molar-refractivity contribution in [2.75, 3.05) is 6.54 Å². The molecule has 0 radical (unpaired) electrons. The van der Waals surface area contributed by atoms with E-state index >= 15 is 0 Å². The Labute approximate surface area is 102 Å². The lowest BCUT2D eigenvalue weighted by atomic mass is 9.98. The van der Waals surface area contributed by atoms with E-state index in [1.807, 2.05) is 0 Å². The summed E-state index contributed by atoms with van der Waals surface area (Å²) >= 11 is 5.86. The molecule has 1 unspecified atom stereocenters. The number of pyridine rings is 1. The van der Waals surface area contributed by atoms with Crippen LogP contribution in [-0.2, 0) is 6.18 Å². The first-order chi connectivity index (χ1) is 7.98. The molecule has 0 spiro atoms. The summed E-state index contributed by atoms with van der Waals surface area (Å²) in [5, 5.41) is 3.31. The zero-order valence-corrected chi connectivity index (χ0v) is 9.78. The van der Waals surface area contributed by atoms with Crippen molar-refractivity contribution in [1.82, 2.24) is 10.3 Å². The molecule has 1 aliphatic rings. The average molecular weight is 265 g/mol. The minimum atomic E-state index is -4.37. The Morgan fingerprint density at radius 1 is 1.35 bits per heavy atom. The average Bonchev–Trinajstić information content (AvgIpc) is 2.29. The Kier molecular flexibility index (Phi) is 3.58. The van der Waals surface area contributed by atoms with E-state index in [4.69, 9.17) is 11.6 Å². The Hall–Kier alpha value is -0.810. The van der Waals surface area contributed by atoms with Crippen LogP contribution >= 0.6 is 11.6 Å². The van der Waals surface area contributed by atoms with Crippen LogP contribution in [0.2, 0.25) is 5.15 Å². The molecule has 0 aromatic carbocycles. The smallest absolute Gasteiger partial charge is 0.310 e. The summed E-state index contributed by atoms with van der Waals surface area (Å²) in [6.45, 7) is 0.803. The summed E-state index contributed by atoms with van der Waals surface area (Å²) in [6.07, 6.45) is -0.775. The van der Waals surface area contributed by atoms with Gasteiger partial charge in [0, 0.05) is 17.8 Å². The summed E-state index contributed by atoms with van der Waals surface area (Å²) in [4.78, 5) is 3.63. The highest BCUT2D eigenvalue weighted by Crippen LogP contribution is 2.34. The zero-order valence-electron chi connectivity index (χ0n) is 9.02. The third-order valence-electron chi connectivity index (χ3n) is 2.88. The summed E-state index contributed by atoms with van der Waals surface area (Å²) in [7, 11) is 0. The first-order valence-corrected chi connectivity index (χ1v) is 5.82. The molecular formula is C11H12ClF3N2. The fourth-order valence-electron chi connectivity index (χ4n) is 1.98. The zero-order chi connectivity index (χ0) is 12.5. The number of hydrogen-bond acceptors (Lipinski definition) is 2. The number of piperidine rings is 1. The molecule has 1 fully saturated rings. The Bertz CT molecular complexity index is 400. The maximum absolute atomic E-state index is 12.6. The Balaban J connectivity index is 2.31. The van der Waals surface area contributed by atoms with Crippen LogP contribution in [0.15, 0.2) is 12.3 Å². The molecule has 1 N–H and O–H groups in total. The van der Waals surface area contributed by atoms with E-state index in [1.165, 1.54) is 0 Å². The van der Waals surface area contributed by atoms with Gasteiger partial charge in [-0.25, -0.2) is 4.98 Å². The van der Waals surface area contributed by atoms with Crippen LogP contribution in [0.1, 0.15) is 36.4 Å². The van der Waals surface area contributed by atoms with Crippen molar-refractivity contribution >= 4 is 11.6 Å². The van der Waals surface area contributed by atoms with Crippen LogP contribution in [0, 0.1) is 0 Å². The minimum Gasteiger partial charge on any atom is -0.310 e. The van der Waals surface area contributed by atoms with E-state index in [2.05, 4.69) is 10.3 Å². The summed E-state index contributed by atoms with van der Waals surface area (Å²) in [6, 6.07) is 0.976.